The fourth-order valence-electron chi connectivity index (χ4n) is 4.24. The Hall–Kier alpha value is -0.370. The van der Waals surface area contributed by atoms with Crippen LogP contribution >= 0.6 is 0 Å². The zero-order chi connectivity index (χ0) is 10.4. The van der Waals surface area contributed by atoms with Crippen LogP contribution in [-0.4, -0.2) is 11.8 Å². The van der Waals surface area contributed by atoms with Crippen molar-refractivity contribution < 1.29 is 4.79 Å². The van der Waals surface area contributed by atoms with Gasteiger partial charge in [-0.3, -0.25) is 4.79 Å². The summed E-state index contributed by atoms with van der Waals surface area (Å²) in [5.74, 6) is 2.47. The quantitative estimate of drug-likeness (QED) is 0.753. The predicted molar refractivity (Wildman–Crippen MR) is 59.3 cm³/mol. The van der Waals surface area contributed by atoms with E-state index in [9.17, 15) is 4.79 Å². The summed E-state index contributed by atoms with van der Waals surface area (Å²) in [7, 11) is 0. The van der Waals surface area contributed by atoms with Crippen molar-refractivity contribution in [2.75, 3.05) is 0 Å². The lowest BCUT2D eigenvalue weighted by molar-refractivity contribution is -0.128. The number of nitrogens with two attached hydrogens (primary N) is 1. The van der Waals surface area contributed by atoms with Gasteiger partial charge >= 0.3 is 0 Å². The molecule has 0 amide bonds. The van der Waals surface area contributed by atoms with Gasteiger partial charge in [0.05, 0.1) is 0 Å². The third-order valence-corrected chi connectivity index (χ3v) is 5.07. The van der Waals surface area contributed by atoms with Gasteiger partial charge in [0.25, 0.3) is 0 Å². The third kappa shape index (κ3) is 1.45. The van der Waals surface area contributed by atoms with Gasteiger partial charge in [-0.1, -0.05) is 12.8 Å². The van der Waals surface area contributed by atoms with E-state index in [4.69, 9.17) is 5.73 Å². The molecule has 3 aliphatic carbocycles. The maximum atomic E-state index is 12.4. The minimum atomic E-state index is 0.205. The number of fused-ring (bicyclic) bond motifs is 2. The molecule has 3 aliphatic rings. The highest BCUT2D eigenvalue weighted by molar-refractivity contribution is 5.85. The average molecular weight is 207 g/mol. The highest BCUT2D eigenvalue weighted by atomic mass is 16.1. The number of ketones is 1. The maximum Gasteiger partial charge on any atom is 0.140 e. The Morgan fingerprint density at radius 2 is 1.67 bits per heavy atom. The van der Waals surface area contributed by atoms with Gasteiger partial charge in [0.2, 0.25) is 0 Å². The molecular formula is C13H21NO. The summed E-state index contributed by atoms with van der Waals surface area (Å²) in [6, 6.07) is 0.205. The summed E-state index contributed by atoms with van der Waals surface area (Å²) in [6.45, 7) is 0. The van der Waals surface area contributed by atoms with Crippen LogP contribution in [0.25, 0.3) is 0 Å². The lowest BCUT2D eigenvalue weighted by atomic mass is 9.78. The Kier molecular flexibility index (Phi) is 2.35. The summed E-state index contributed by atoms with van der Waals surface area (Å²) in [5.41, 5.74) is 6.21. The molecule has 4 unspecified atom stereocenters. The van der Waals surface area contributed by atoms with Gasteiger partial charge in [-0.2, -0.15) is 0 Å². The highest BCUT2D eigenvalue weighted by Crippen LogP contribution is 2.49. The van der Waals surface area contributed by atoms with Crippen LogP contribution in [0, 0.1) is 23.7 Å². The summed E-state index contributed by atoms with van der Waals surface area (Å²) in [6.07, 6.45) is 8.57. The zero-order valence-electron chi connectivity index (χ0n) is 9.32. The molecule has 2 bridgehead atoms. The van der Waals surface area contributed by atoms with Gasteiger partial charge in [-0.05, 0) is 43.9 Å². The van der Waals surface area contributed by atoms with Crippen molar-refractivity contribution in [2.24, 2.45) is 29.4 Å². The first kappa shape index (κ1) is 9.83. The SMILES string of the molecule is NC1C2CCC(C2)C1C(=O)C1CCCC1. The van der Waals surface area contributed by atoms with E-state index in [0.29, 0.717) is 23.5 Å². The van der Waals surface area contributed by atoms with E-state index < -0.39 is 0 Å². The molecule has 3 saturated carbocycles. The molecular weight excluding hydrogens is 186 g/mol. The van der Waals surface area contributed by atoms with Crippen molar-refractivity contribution in [2.45, 2.75) is 51.0 Å². The van der Waals surface area contributed by atoms with Crippen LogP contribution in [0.3, 0.4) is 0 Å². The van der Waals surface area contributed by atoms with Gasteiger partial charge in [-0.25, -0.2) is 0 Å². The molecule has 0 aromatic carbocycles. The highest BCUT2D eigenvalue weighted by Gasteiger charge is 2.50. The minimum Gasteiger partial charge on any atom is -0.327 e. The number of rotatable bonds is 2. The molecule has 3 fully saturated rings. The number of carbonyl (C=O) groups is 1. The van der Waals surface area contributed by atoms with E-state index >= 15 is 0 Å². The molecule has 84 valence electrons. The van der Waals surface area contributed by atoms with Crippen molar-refractivity contribution in [3.05, 3.63) is 0 Å². The zero-order valence-corrected chi connectivity index (χ0v) is 9.32. The Morgan fingerprint density at radius 3 is 2.27 bits per heavy atom. The van der Waals surface area contributed by atoms with Crippen molar-refractivity contribution in [3.63, 3.8) is 0 Å². The number of carbonyl (C=O) groups excluding carboxylic acids is 1. The lowest BCUT2D eigenvalue weighted by Gasteiger charge is -2.28. The second-order valence-corrected chi connectivity index (χ2v) is 5.82. The van der Waals surface area contributed by atoms with E-state index in [-0.39, 0.29) is 12.0 Å². The molecule has 2 heteroatoms. The smallest absolute Gasteiger partial charge is 0.140 e. The first-order valence-electron chi connectivity index (χ1n) is 6.56. The lowest BCUT2D eigenvalue weighted by Crippen LogP contribution is -2.42. The van der Waals surface area contributed by atoms with E-state index in [2.05, 4.69) is 0 Å². The molecule has 15 heavy (non-hydrogen) atoms. The summed E-state index contributed by atoms with van der Waals surface area (Å²) >= 11 is 0. The molecule has 0 aromatic heterocycles. The molecule has 0 aliphatic heterocycles. The monoisotopic (exact) mass is 207 g/mol. The molecule has 2 nitrogen and oxygen atoms in total. The second kappa shape index (κ2) is 3.58. The Bertz CT molecular complexity index is 268. The predicted octanol–water partition coefficient (Wildman–Crippen LogP) is 2.12. The van der Waals surface area contributed by atoms with Crippen LogP contribution in [0.1, 0.15) is 44.9 Å². The van der Waals surface area contributed by atoms with Crippen molar-refractivity contribution >= 4 is 5.78 Å². The Balaban J connectivity index is 1.73. The summed E-state index contributed by atoms with van der Waals surface area (Å²) < 4.78 is 0. The Labute approximate surface area is 91.6 Å². The largest absolute Gasteiger partial charge is 0.327 e. The van der Waals surface area contributed by atoms with Crippen LogP contribution in [0.15, 0.2) is 0 Å². The summed E-state index contributed by atoms with van der Waals surface area (Å²) in [5, 5.41) is 0. The average Bonchev–Trinajstić information content (AvgIpc) is 2.93. The van der Waals surface area contributed by atoms with Crippen LogP contribution in [0.4, 0.5) is 0 Å². The Morgan fingerprint density at radius 1 is 1.00 bits per heavy atom. The van der Waals surface area contributed by atoms with E-state index in [0.717, 1.165) is 12.8 Å². The molecule has 0 spiro atoms. The van der Waals surface area contributed by atoms with Crippen LogP contribution in [-0.2, 0) is 4.79 Å². The molecule has 4 atom stereocenters. The van der Waals surface area contributed by atoms with Gasteiger partial charge in [-0.15, -0.1) is 0 Å². The standard InChI is InChI=1S/C13H21NO/c14-12-10-6-5-9(7-10)11(12)13(15)8-3-1-2-4-8/h8-12H,1-7,14H2. The van der Waals surface area contributed by atoms with Crippen molar-refractivity contribution in [1.29, 1.82) is 0 Å². The first-order chi connectivity index (χ1) is 7.27. The molecule has 0 saturated heterocycles. The molecule has 0 heterocycles. The topological polar surface area (TPSA) is 43.1 Å². The maximum absolute atomic E-state index is 12.4. The normalized spacial score (nSPS) is 45.1. The molecule has 0 radical (unpaired) electrons. The van der Waals surface area contributed by atoms with E-state index in [1.165, 1.54) is 32.1 Å². The fraction of sp³-hybridized carbons (Fsp3) is 0.923. The van der Waals surface area contributed by atoms with Crippen LogP contribution < -0.4 is 5.73 Å². The summed E-state index contributed by atoms with van der Waals surface area (Å²) in [4.78, 5) is 12.4. The van der Waals surface area contributed by atoms with Crippen LogP contribution in [0.2, 0.25) is 0 Å². The molecule has 0 aromatic rings. The number of hydrogen-bond acceptors (Lipinski definition) is 2. The van der Waals surface area contributed by atoms with Crippen molar-refractivity contribution in [1.82, 2.24) is 0 Å². The third-order valence-electron chi connectivity index (χ3n) is 5.07. The van der Waals surface area contributed by atoms with E-state index in [1.54, 1.807) is 0 Å². The fourth-order valence-corrected chi connectivity index (χ4v) is 4.24. The van der Waals surface area contributed by atoms with Gasteiger partial charge in [0.15, 0.2) is 0 Å². The van der Waals surface area contributed by atoms with Gasteiger partial charge in [0.1, 0.15) is 5.78 Å². The second-order valence-electron chi connectivity index (χ2n) is 5.82. The van der Waals surface area contributed by atoms with Gasteiger partial charge in [0, 0.05) is 17.9 Å². The minimum absolute atomic E-state index is 0.205. The van der Waals surface area contributed by atoms with Gasteiger partial charge < -0.3 is 5.73 Å². The van der Waals surface area contributed by atoms with E-state index in [1.807, 2.05) is 0 Å². The molecule has 3 rings (SSSR count). The molecule has 2 N–H and O–H groups in total. The number of hydrogen-bond donors (Lipinski definition) is 1. The number of Topliss-reactive ketones (excluding diaryl/α,β-unsaturated/α-hetero) is 1. The first-order valence-corrected chi connectivity index (χ1v) is 6.56. The van der Waals surface area contributed by atoms with Crippen molar-refractivity contribution in [3.8, 4) is 0 Å². The van der Waals surface area contributed by atoms with Crippen LogP contribution in [0.5, 0.6) is 0 Å².